The monoisotopic (exact) mass is 581 g/mol. The van der Waals surface area contributed by atoms with Gasteiger partial charge in [-0.25, -0.2) is 14.8 Å². The third kappa shape index (κ3) is 8.29. The Labute approximate surface area is 236 Å². The molecule has 40 heavy (non-hydrogen) atoms. The number of alkyl halides is 3. The van der Waals surface area contributed by atoms with E-state index < -0.39 is 18.2 Å². The number of likely N-dealkylation sites (N-methyl/N-ethyl adjacent to an activating group) is 1. The highest BCUT2D eigenvalue weighted by Gasteiger charge is 2.30. The zero-order valence-corrected chi connectivity index (χ0v) is 24.6. The zero-order valence-electron chi connectivity index (χ0n) is 23.7. The average molecular weight is 582 g/mol. The Bertz CT molecular complexity index is 1290. The number of nitrogens with zero attached hydrogens (tertiary/aromatic N) is 7. The van der Waals surface area contributed by atoms with E-state index in [4.69, 9.17) is 4.74 Å². The van der Waals surface area contributed by atoms with Crippen LogP contribution in [0.2, 0.25) is 0 Å². The van der Waals surface area contributed by atoms with Gasteiger partial charge in [0.25, 0.3) is 0 Å². The van der Waals surface area contributed by atoms with Crippen LogP contribution in [0.5, 0.6) is 0 Å². The van der Waals surface area contributed by atoms with E-state index in [1.165, 1.54) is 6.33 Å². The minimum atomic E-state index is -4.26. The number of rotatable bonds is 8. The summed E-state index contributed by atoms with van der Waals surface area (Å²) < 4.78 is 46.3. The normalized spacial score (nSPS) is 16.9. The standard InChI is InChI=1S/C27H38F3N7O2S/c1-26(2,3)39-25(38)34(4)11-12-37(17-19-15-33-35(5)16-19)20-7-6-9-36(10-8-20)23-22-13-21(14-27(28,29)30)40-24(22)32-18-31-23/h13,15-16,18,20H,6-12,14,17H2,1-5H3. The van der Waals surface area contributed by atoms with Crippen molar-refractivity contribution in [2.75, 3.05) is 38.1 Å². The lowest BCUT2D eigenvalue weighted by Gasteiger charge is -2.33. The van der Waals surface area contributed by atoms with Gasteiger partial charge in [0.05, 0.1) is 18.0 Å². The van der Waals surface area contributed by atoms with Gasteiger partial charge in [-0.05, 0) is 46.1 Å². The van der Waals surface area contributed by atoms with Crippen molar-refractivity contribution in [1.82, 2.24) is 29.5 Å². The number of fused-ring (bicyclic) bond motifs is 1. The summed E-state index contributed by atoms with van der Waals surface area (Å²) >= 11 is 1.07. The molecule has 1 unspecified atom stereocenters. The first-order valence-electron chi connectivity index (χ1n) is 13.5. The van der Waals surface area contributed by atoms with Crippen LogP contribution in [0, 0.1) is 0 Å². The summed E-state index contributed by atoms with van der Waals surface area (Å²) in [5.41, 5.74) is 0.532. The van der Waals surface area contributed by atoms with Gasteiger partial charge in [0, 0.05) is 69.5 Å². The van der Waals surface area contributed by atoms with Crippen LogP contribution in [0.4, 0.5) is 23.8 Å². The Morgan fingerprint density at radius 3 is 2.62 bits per heavy atom. The summed E-state index contributed by atoms with van der Waals surface area (Å²) in [6, 6.07) is 1.84. The molecule has 1 fully saturated rings. The second-order valence-electron chi connectivity index (χ2n) is 11.4. The minimum absolute atomic E-state index is 0.244. The lowest BCUT2D eigenvalue weighted by Crippen LogP contribution is -2.43. The number of aryl methyl sites for hydroxylation is 1. The summed E-state index contributed by atoms with van der Waals surface area (Å²) in [6.07, 6.45) is 2.42. The Hall–Kier alpha value is -2.93. The van der Waals surface area contributed by atoms with Crippen LogP contribution in [0.1, 0.15) is 50.5 Å². The van der Waals surface area contributed by atoms with Crippen molar-refractivity contribution < 1.29 is 22.7 Å². The van der Waals surface area contributed by atoms with Gasteiger partial charge >= 0.3 is 12.3 Å². The van der Waals surface area contributed by atoms with E-state index in [0.717, 1.165) is 42.7 Å². The van der Waals surface area contributed by atoms with Crippen molar-refractivity contribution in [3.8, 4) is 0 Å². The molecule has 4 heterocycles. The van der Waals surface area contributed by atoms with E-state index >= 15 is 0 Å². The van der Waals surface area contributed by atoms with Crippen molar-refractivity contribution in [3.05, 3.63) is 35.2 Å². The molecule has 0 aromatic carbocycles. The van der Waals surface area contributed by atoms with Crippen molar-refractivity contribution >= 4 is 33.5 Å². The molecule has 0 spiro atoms. The molecule has 4 rings (SSSR count). The van der Waals surface area contributed by atoms with Gasteiger partial charge in [-0.2, -0.15) is 18.3 Å². The molecule has 0 aliphatic carbocycles. The van der Waals surface area contributed by atoms with Crippen LogP contribution < -0.4 is 4.90 Å². The molecule has 1 amide bonds. The Kier molecular flexibility index (Phi) is 9.23. The number of amides is 1. The second kappa shape index (κ2) is 12.3. The topological polar surface area (TPSA) is 79.6 Å². The minimum Gasteiger partial charge on any atom is -0.444 e. The molecule has 1 atom stereocenters. The third-order valence-corrected chi connectivity index (χ3v) is 7.86. The summed E-state index contributed by atoms with van der Waals surface area (Å²) in [5, 5.41) is 4.99. The lowest BCUT2D eigenvalue weighted by molar-refractivity contribution is -0.126. The van der Waals surface area contributed by atoms with E-state index in [0.29, 0.717) is 42.2 Å². The first-order chi connectivity index (χ1) is 18.8. The number of anilines is 1. The van der Waals surface area contributed by atoms with Gasteiger partial charge in [0.2, 0.25) is 0 Å². The molecule has 3 aromatic rings. The summed E-state index contributed by atoms with van der Waals surface area (Å²) in [6.45, 7) is 8.90. The van der Waals surface area contributed by atoms with Gasteiger partial charge < -0.3 is 14.5 Å². The molecule has 0 saturated carbocycles. The number of ether oxygens (including phenoxy) is 1. The molecule has 0 N–H and O–H groups in total. The fourth-order valence-electron chi connectivity index (χ4n) is 4.97. The maximum absolute atomic E-state index is 13.0. The lowest BCUT2D eigenvalue weighted by atomic mass is 10.1. The van der Waals surface area contributed by atoms with E-state index in [2.05, 4.69) is 24.9 Å². The average Bonchev–Trinajstić information content (AvgIpc) is 3.35. The Morgan fingerprint density at radius 2 is 1.95 bits per heavy atom. The highest BCUT2D eigenvalue weighted by atomic mass is 32.1. The molecular weight excluding hydrogens is 543 g/mol. The number of aromatic nitrogens is 4. The third-order valence-electron chi connectivity index (χ3n) is 6.82. The van der Waals surface area contributed by atoms with Gasteiger partial charge in [-0.1, -0.05) is 0 Å². The first kappa shape index (κ1) is 30.0. The fourth-order valence-corrected chi connectivity index (χ4v) is 5.99. The van der Waals surface area contributed by atoms with E-state index in [9.17, 15) is 18.0 Å². The first-order valence-corrected chi connectivity index (χ1v) is 14.3. The molecule has 1 aliphatic rings. The molecule has 1 aliphatic heterocycles. The fraction of sp³-hybridized carbons (Fsp3) is 0.630. The van der Waals surface area contributed by atoms with Crippen LogP contribution in [0.15, 0.2) is 24.8 Å². The van der Waals surface area contributed by atoms with Crippen molar-refractivity contribution in [3.63, 3.8) is 0 Å². The summed E-state index contributed by atoms with van der Waals surface area (Å²) in [4.78, 5) is 28.3. The van der Waals surface area contributed by atoms with Crippen LogP contribution in [0.3, 0.4) is 0 Å². The van der Waals surface area contributed by atoms with Crippen molar-refractivity contribution in [2.45, 2.75) is 70.8 Å². The maximum Gasteiger partial charge on any atom is 0.410 e. The van der Waals surface area contributed by atoms with Crippen molar-refractivity contribution in [2.24, 2.45) is 7.05 Å². The summed E-state index contributed by atoms with van der Waals surface area (Å²) in [7, 11) is 3.64. The molecule has 0 radical (unpaired) electrons. The van der Waals surface area contributed by atoms with Crippen LogP contribution >= 0.6 is 11.3 Å². The van der Waals surface area contributed by atoms with E-state index in [-0.39, 0.29) is 17.0 Å². The molecule has 0 bridgehead atoms. The van der Waals surface area contributed by atoms with Crippen LogP contribution in [-0.4, -0.2) is 86.7 Å². The maximum atomic E-state index is 13.0. The van der Waals surface area contributed by atoms with E-state index in [1.807, 2.05) is 40.2 Å². The zero-order chi connectivity index (χ0) is 29.1. The largest absolute Gasteiger partial charge is 0.444 e. The number of carbonyl (C=O) groups is 1. The Balaban J connectivity index is 1.47. The molecule has 220 valence electrons. The highest BCUT2D eigenvalue weighted by Crippen LogP contribution is 2.34. The number of halogens is 3. The number of hydrogen-bond donors (Lipinski definition) is 0. The van der Waals surface area contributed by atoms with Gasteiger partial charge in [-0.3, -0.25) is 9.58 Å². The van der Waals surface area contributed by atoms with Gasteiger partial charge in [0.15, 0.2) is 0 Å². The van der Waals surface area contributed by atoms with Crippen LogP contribution in [0.25, 0.3) is 10.2 Å². The van der Waals surface area contributed by atoms with Gasteiger partial charge in [0.1, 0.15) is 22.6 Å². The second-order valence-corrected chi connectivity index (χ2v) is 12.5. The number of carbonyl (C=O) groups excluding carboxylic acids is 1. The SMILES string of the molecule is CN(CCN(Cc1cnn(C)c1)C1CCCN(c2ncnc3sc(CC(F)(F)F)cc23)CC1)C(=O)OC(C)(C)C. The number of thiophene rings is 1. The van der Waals surface area contributed by atoms with Crippen molar-refractivity contribution in [1.29, 1.82) is 0 Å². The van der Waals surface area contributed by atoms with Gasteiger partial charge in [-0.15, -0.1) is 11.3 Å². The molecule has 9 nitrogen and oxygen atoms in total. The predicted octanol–water partition coefficient (Wildman–Crippen LogP) is 5.26. The number of hydrogen-bond acceptors (Lipinski definition) is 8. The highest BCUT2D eigenvalue weighted by molar-refractivity contribution is 7.18. The molecule has 1 saturated heterocycles. The van der Waals surface area contributed by atoms with E-state index in [1.54, 1.807) is 22.7 Å². The predicted molar refractivity (Wildman–Crippen MR) is 150 cm³/mol. The summed E-state index contributed by atoms with van der Waals surface area (Å²) in [5.74, 6) is 0.693. The molecule has 13 heteroatoms. The van der Waals surface area contributed by atoms with Crippen LogP contribution in [-0.2, 0) is 24.8 Å². The molecular formula is C27H38F3N7O2S. The quantitative estimate of drug-likeness (QED) is 0.359. The molecule has 3 aromatic heterocycles. The Morgan fingerprint density at radius 1 is 1.18 bits per heavy atom. The smallest absolute Gasteiger partial charge is 0.410 e.